The number of aliphatic imine (C=N–C) groups is 1. The Hall–Kier alpha value is -3.21. The van der Waals surface area contributed by atoms with Crippen LogP contribution in [-0.2, 0) is 32.2 Å². The molecular weight excluding hydrogens is 488 g/mol. The van der Waals surface area contributed by atoms with Crippen molar-refractivity contribution in [2.75, 3.05) is 0 Å². The minimum Gasteiger partial charge on any atom is -0.339 e. The smallest absolute Gasteiger partial charge is 0.266 e. The van der Waals surface area contributed by atoms with Crippen LogP contribution in [0.15, 0.2) is 38.7 Å². The van der Waals surface area contributed by atoms with Gasteiger partial charge in [-0.05, 0) is 34.5 Å². The van der Waals surface area contributed by atoms with Crippen molar-refractivity contribution in [3.05, 3.63) is 63.5 Å². The zero-order valence-electron chi connectivity index (χ0n) is 18.2. The largest absolute Gasteiger partial charge is 0.339 e. The van der Waals surface area contributed by atoms with Crippen LogP contribution < -0.4 is 5.56 Å². The highest BCUT2D eigenvalue weighted by Gasteiger charge is 2.25. The average molecular weight is 511 g/mol. The second kappa shape index (κ2) is 9.34. The molecule has 33 heavy (non-hydrogen) atoms. The Morgan fingerprint density at radius 2 is 2.09 bits per heavy atom. The maximum atomic E-state index is 13.3. The minimum atomic E-state index is -0.119. The van der Waals surface area contributed by atoms with E-state index in [0.717, 1.165) is 36.1 Å². The topological polar surface area (TPSA) is 116 Å². The molecule has 0 bridgehead atoms. The van der Waals surface area contributed by atoms with E-state index in [-0.39, 0.29) is 5.56 Å². The SMILES string of the molecule is CCCCCn1c2c(c(=O)n3c(CCc4nc(Cc5ccccn5)no4)nnc13)CC(Br)=N2. The van der Waals surface area contributed by atoms with Gasteiger partial charge in [0.1, 0.15) is 11.6 Å². The van der Waals surface area contributed by atoms with Crippen LogP contribution in [0.2, 0.25) is 0 Å². The van der Waals surface area contributed by atoms with Gasteiger partial charge in [0.15, 0.2) is 5.82 Å². The number of hydrogen-bond acceptors (Lipinski definition) is 8. The highest BCUT2D eigenvalue weighted by Crippen LogP contribution is 2.28. The predicted molar refractivity (Wildman–Crippen MR) is 125 cm³/mol. The molecule has 0 amide bonds. The predicted octanol–water partition coefficient (Wildman–Crippen LogP) is 3.22. The monoisotopic (exact) mass is 510 g/mol. The Kier molecular flexibility index (Phi) is 6.12. The fourth-order valence-corrected chi connectivity index (χ4v) is 4.44. The van der Waals surface area contributed by atoms with Gasteiger partial charge in [-0.3, -0.25) is 14.3 Å². The van der Waals surface area contributed by atoms with E-state index < -0.39 is 0 Å². The molecule has 11 heteroatoms. The number of nitrogens with zero attached hydrogens (tertiary/aromatic N) is 8. The van der Waals surface area contributed by atoms with Gasteiger partial charge in [0, 0.05) is 37.7 Å². The molecule has 0 atom stereocenters. The van der Waals surface area contributed by atoms with E-state index in [9.17, 15) is 4.79 Å². The van der Waals surface area contributed by atoms with Gasteiger partial charge in [-0.2, -0.15) is 4.98 Å². The molecule has 5 rings (SSSR count). The zero-order valence-corrected chi connectivity index (χ0v) is 19.8. The highest BCUT2D eigenvalue weighted by molar-refractivity contribution is 9.18. The fraction of sp³-hybridized carbons (Fsp3) is 0.409. The molecule has 0 aliphatic carbocycles. The molecule has 0 aromatic carbocycles. The Bertz CT molecular complexity index is 1370. The summed E-state index contributed by atoms with van der Waals surface area (Å²) in [6, 6.07) is 5.71. The first kappa shape index (κ1) is 21.6. The molecule has 170 valence electrons. The van der Waals surface area contributed by atoms with Crippen LogP contribution in [0.5, 0.6) is 0 Å². The van der Waals surface area contributed by atoms with Gasteiger partial charge in [-0.1, -0.05) is 31.0 Å². The summed E-state index contributed by atoms with van der Waals surface area (Å²) in [5.41, 5.74) is 1.42. The van der Waals surface area contributed by atoms with Gasteiger partial charge in [0.25, 0.3) is 5.56 Å². The van der Waals surface area contributed by atoms with Crippen molar-refractivity contribution < 1.29 is 4.52 Å². The highest BCUT2D eigenvalue weighted by atomic mass is 79.9. The van der Waals surface area contributed by atoms with Gasteiger partial charge in [-0.25, -0.2) is 9.39 Å². The average Bonchev–Trinajstić information content (AvgIpc) is 3.54. The number of unbranched alkanes of at least 4 members (excludes halogenated alkanes) is 2. The molecule has 0 unspecified atom stereocenters. The lowest BCUT2D eigenvalue weighted by atomic mass is 10.2. The number of fused-ring (bicyclic) bond motifs is 2. The third-order valence-corrected chi connectivity index (χ3v) is 6.07. The quantitative estimate of drug-likeness (QED) is 0.317. The van der Waals surface area contributed by atoms with Crippen molar-refractivity contribution in [2.45, 2.75) is 58.4 Å². The molecule has 4 aromatic heterocycles. The standard InChI is InChI=1S/C22H23BrN8O2/c1-2-3-6-11-30-20-15(13-16(23)25-20)21(32)31-18(27-28-22(30)31)8-9-19-26-17(29-33-19)12-14-7-4-5-10-24-14/h4-5,7,10H,2-3,6,8-9,11-13H2,1H3. The van der Waals surface area contributed by atoms with Crippen molar-refractivity contribution in [3.8, 4) is 0 Å². The summed E-state index contributed by atoms with van der Waals surface area (Å²) < 4.78 is 9.77. The van der Waals surface area contributed by atoms with E-state index in [4.69, 9.17) is 4.52 Å². The number of hydrogen-bond donors (Lipinski definition) is 0. The molecule has 0 N–H and O–H groups in total. The van der Waals surface area contributed by atoms with Crippen molar-refractivity contribution in [1.29, 1.82) is 0 Å². The normalized spacial score (nSPS) is 13.0. The number of aromatic nitrogens is 7. The van der Waals surface area contributed by atoms with Crippen molar-refractivity contribution in [3.63, 3.8) is 0 Å². The van der Waals surface area contributed by atoms with Crippen LogP contribution in [0.4, 0.5) is 5.82 Å². The summed E-state index contributed by atoms with van der Waals surface area (Å²) in [6.07, 6.45) is 6.82. The number of rotatable bonds is 9. The third-order valence-electron chi connectivity index (χ3n) is 5.61. The van der Waals surface area contributed by atoms with E-state index in [1.165, 1.54) is 0 Å². The number of halogens is 1. The summed E-state index contributed by atoms with van der Waals surface area (Å²) in [5.74, 6) is 2.86. The van der Waals surface area contributed by atoms with Gasteiger partial charge < -0.3 is 4.52 Å². The first-order chi connectivity index (χ1) is 16.1. The molecule has 0 saturated heterocycles. The molecule has 10 nitrogen and oxygen atoms in total. The molecule has 1 aliphatic heterocycles. The van der Waals surface area contributed by atoms with Gasteiger partial charge >= 0.3 is 0 Å². The van der Waals surface area contributed by atoms with Crippen LogP contribution >= 0.6 is 15.9 Å². The van der Waals surface area contributed by atoms with E-state index in [0.29, 0.717) is 60.4 Å². The lowest BCUT2D eigenvalue weighted by molar-refractivity contribution is 0.372. The zero-order chi connectivity index (χ0) is 22.8. The third kappa shape index (κ3) is 4.37. The Morgan fingerprint density at radius 1 is 1.18 bits per heavy atom. The van der Waals surface area contributed by atoms with Gasteiger partial charge in [0.2, 0.25) is 11.7 Å². The molecule has 1 aliphatic rings. The maximum Gasteiger partial charge on any atom is 0.266 e. The number of pyridine rings is 1. The summed E-state index contributed by atoms with van der Waals surface area (Å²) in [5, 5.41) is 12.7. The molecular formula is C22H23BrN8O2. The van der Waals surface area contributed by atoms with Crippen LogP contribution in [0.1, 0.15) is 55.0 Å². The van der Waals surface area contributed by atoms with E-state index in [1.54, 1.807) is 10.6 Å². The molecule has 0 radical (unpaired) electrons. The van der Waals surface area contributed by atoms with Gasteiger partial charge in [-0.15, -0.1) is 10.2 Å². The number of aryl methyl sites for hydroxylation is 3. The summed E-state index contributed by atoms with van der Waals surface area (Å²) in [6.45, 7) is 2.90. The summed E-state index contributed by atoms with van der Waals surface area (Å²) in [7, 11) is 0. The van der Waals surface area contributed by atoms with Crippen LogP contribution in [-0.4, -0.2) is 38.9 Å². The first-order valence-electron chi connectivity index (χ1n) is 11.1. The summed E-state index contributed by atoms with van der Waals surface area (Å²) >= 11 is 3.46. The first-order valence-corrected chi connectivity index (χ1v) is 11.9. The Morgan fingerprint density at radius 3 is 2.91 bits per heavy atom. The van der Waals surface area contributed by atoms with E-state index in [2.05, 4.69) is 53.2 Å². The molecule has 5 heterocycles. The Labute approximate surface area is 197 Å². The second-order valence-electron chi connectivity index (χ2n) is 7.98. The lowest BCUT2D eigenvalue weighted by Crippen LogP contribution is -2.24. The van der Waals surface area contributed by atoms with Crippen molar-refractivity contribution >= 4 is 32.1 Å². The lowest BCUT2D eigenvalue weighted by Gasteiger charge is -2.12. The van der Waals surface area contributed by atoms with Gasteiger partial charge in [0.05, 0.1) is 16.6 Å². The van der Waals surface area contributed by atoms with Crippen molar-refractivity contribution in [2.24, 2.45) is 4.99 Å². The van der Waals surface area contributed by atoms with Crippen LogP contribution in [0.3, 0.4) is 0 Å². The van der Waals surface area contributed by atoms with E-state index in [1.807, 2.05) is 22.8 Å². The van der Waals surface area contributed by atoms with Crippen LogP contribution in [0.25, 0.3) is 5.78 Å². The molecule has 0 fully saturated rings. The molecule has 0 saturated carbocycles. The second-order valence-corrected chi connectivity index (χ2v) is 8.90. The fourth-order valence-electron chi connectivity index (χ4n) is 4.00. The minimum absolute atomic E-state index is 0.119. The van der Waals surface area contributed by atoms with E-state index >= 15 is 0 Å². The van der Waals surface area contributed by atoms with Crippen molar-refractivity contribution in [1.82, 2.24) is 34.3 Å². The van der Waals surface area contributed by atoms with Crippen LogP contribution in [0, 0.1) is 0 Å². The maximum absolute atomic E-state index is 13.3. The summed E-state index contributed by atoms with van der Waals surface area (Å²) in [4.78, 5) is 26.6. The molecule has 4 aromatic rings. The molecule has 0 spiro atoms. The Balaban J connectivity index is 1.39.